The summed E-state index contributed by atoms with van der Waals surface area (Å²) < 4.78 is 5.28. The molecule has 0 radical (unpaired) electrons. The zero-order valence-corrected chi connectivity index (χ0v) is 31.0. The molecule has 0 saturated heterocycles. The Morgan fingerprint density at radius 2 is 0.705 bits per heavy atom. The number of unbranched alkanes of at least 4 members (excludes halogenated alkanes) is 30. The van der Waals surface area contributed by atoms with Crippen molar-refractivity contribution in [2.75, 3.05) is 0 Å². The van der Waals surface area contributed by atoms with Crippen LogP contribution in [0.5, 0.6) is 0 Å². The summed E-state index contributed by atoms with van der Waals surface area (Å²) in [6.07, 6.45) is 53.4. The topological polar surface area (TPSA) is 8.81 Å². The molecule has 0 bridgehead atoms. The maximum Gasteiger partial charge on any atom is 0.256 e. The largest absolute Gasteiger partial charge is 0.256 e. The highest BCUT2D eigenvalue weighted by atomic mass is 15.1. The molecule has 1 aromatic heterocycles. The molecule has 0 spiro atoms. The Kier molecular flexibility index (Phi) is 31.5. The predicted molar refractivity (Wildman–Crippen MR) is 198 cm³/mol. The highest BCUT2D eigenvalue weighted by Crippen LogP contribution is 2.15. The molecule has 0 amide bonds. The molecule has 1 rings (SSSR count). The first kappa shape index (κ1) is 41.2. The van der Waals surface area contributed by atoms with Crippen molar-refractivity contribution in [3.05, 3.63) is 18.2 Å². The van der Waals surface area contributed by atoms with Crippen molar-refractivity contribution in [3.8, 4) is 0 Å². The van der Waals surface area contributed by atoms with Crippen molar-refractivity contribution >= 4 is 0 Å². The summed E-state index contributed by atoms with van der Waals surface area (Å²) in [5.41, 5.74) is 0. The molecule has 0 atom stereocenters. The van der Waals surface area contributed by atoms with Gasteiger partial charge in [0.2, 0.25) is 0 Å². The van der Waals surface area contributed by atoms with Gasteiger partial charge in [0.15, 0.2) is 0 Å². The fraction of sp³-hybridized carbons (Fsp3) is 0.929. The SMILES string of the molecule is CCCCCCCCCCCCCCCn1cc[n+](CCCCCCCCCCCCC)c1CCCCCCCCCCC. The highest BCUT2D eigenvalue weighted by molar-refractivity contribution is 4.84. The van der Waals surface area contributed by atoms with Crippen LogP contribution in [0, 0.1) is 0 Å². The van der Waals surface area contributed by atoms with Gasteiger partial charge in [0, 0.05) is 6.42 Å². The normalized spacial score (nSPS) is 11.6. The van der Waals surface area contributed by atoms with Crippen molar-refractivity contribution in [1.82, 2.24) is 4.57 Å². The van der Waals surface area contributed by atoms with Gasteiger partial charge in [-0.3, -0.25) is 0 Å². The van der Waals surface area contributed by atoms with Crippen LogP contribution in [0.15, 0.2) is 12.4 Å². The molecule has 0 aliphatic rings. The first-order valence-corrected chi connectivity index (χ1v) is 20.9. The van der Waals surface area contributed by atoms with E-state index >= 15 is 0 Å². The molecule has 0 unspecified atom stereocenters. The fourth-order valence-electron chi connectivity index (χ4n) is 7.03. The monoisotopic (exact) mass is 616 g/mol. The van der Waals surface area contributed by atoms with E-state index in [-0.39, 0.29) is 0 Å². The number of nitrogens with zero attached hydrogens (tertiary/aromatic N) is 2. The van der Waals surface area contributed by atoms with Gasteiger partial charge in [0.05, 0.1) is 13.1 Å². The highest BCUT2D eigenvalue weighted by Gasteiger charge is 2.16. The third kappa shape index (κ3) is 25.4. The summed E-state index contributed by atoms with van der Waals surface area (Å²) >= 11 is 0. The summed E-state index contributed by atoms with van der Waals surface area (Å²) in [6.45, 7) is 9.41. The molecule has 2 heteroatoms. The average Bonchev–Trinajstić information content (AvgIpc) is 3.42. The van der Waals surface area contributed by atoms with Gasteiger partial charge in [-0.1, -0.05) is 201 Å². The molecular formula is C42H83N2+. The van der Waals surface area contributed by atoms with Crippen LogP contribution in [-0.2, 0) is 19.5 Å². The molecule has 0 aliphatic heterocycles. The first-order chi connectivity index (χ1) is 21.8. The van der Waals surface area contributed by atoms with Crippen LogP contribution in [-0.4, -0.2) is 4.57 Å². The third-order valence-corrected chi connectivity index (χ3v) is 10.1. The van der Waals surface area contributed by atoms with E-state index in [1.807, 2.05) is 0 Å². The molecule has 44 heavy (non-hydrogen) atoms. The van der Waals surface area contributed by atoms with Crippen molar-refractivity contribution < 1.29 is 4.57 Å². The molecular weight excluding hydrogens is 532 g/mol. The number of hydrogen-bond acceptors (Lipinski definition) is 0. The quantitative estimate of drug-likeness (QED) is 0.0524. The van der Waals surface area contributed by atoms with Crippen molar-refractivity contribution in [1.29, 1.82) is 0 Å². The second kappa shape index (κ2) is 33.6. The number of aryl methyl sites for hydroxylation is 2. The molecule has 0 N–H and O–H groups in total. The standard InChI is InChI=1S/C42H83N2/c1-4-7-10-13-16-19-21-22-24-27-30-33-36-39-44-41-40-43(38-35-32-29-26-23-20-17-14-11-8-5-2)42(44)37-34-31-28-25-18-15-12-9-6-3/h40-41H,4-39H2,1-3H3/q+1. The molecule has 0 aromatic carbocycles. The van der Waals surface area contributed by atoms with Crippen LogP contribution in [0.25, 0.3) is 0 Å². The second-order valence-corrected chi connectivity index (χ2v) is 14.5. The third-order valence-electron chi connectivity index (χ3n) is 10.1. The Balaban J connectivity index is 2.28. The molecule has 0 saturated carbocycles. The first-order valence-electron chi connectivity index (χ1n) is 20.9. The van der Waals surface area contributed by atoms with Gasteiger partial charge in [-0.05, 0) is 32.1 Å². The van der Waals surface area contributed by atoms with E-state index < -0.39 is 0 Å². The summed E-state index contributed by atoms with van der Waals surface area (Å²) in [5.74, 6) is 1.62. The van der Waals surface area contributed by atoms with E-state index in [0.717, 1.165) is 0 Å². The van der Waals surface area contributed by atoms with Gasteiger partial charge in [0.25, 0.3) is 5.82 Å². The van der Waals surface area contributed by atoms with Gasteiger partial charge < -0.3 is 0 Å². The summed E-state index contributed by atoms with van der Waals surface area (Å²) in [4.78, 5) is 0. The van der Waals surface area contributed by atoms with Gasteiger partial charge in [0.1, 0.15) is 12.4 Å². The molecule has 0 fully saturated rings. The maximum absolute atomic E-state index is 2.64. The van der Waals surface area contributed by atoms with Gasteiger partial charge in [-0.2, -0.15) is 0 Å². The van der Waals surface area contributed by atoms with Crippen molar-refractivity contribution in [2.24, 2.45) is 0 Å². The minimum absolute atomic E-state index is 1.23. The van der Waals surface area contributed by atoms with E-state index in [4.69, 9.17) is 0 Å². The van der Waals surface area contributed by atoms with Crippen molar-refractivity contribution in [2.45, 2.75) is 252 Å². The predicted octanol–water partition coefficient (Wildman–Crippen LogP) is 14.3. The Labute approximate surface area is 279 Å². The zero-order chi connectivity index (χ0) is 31.6. The summed E-state index contributed by atoms with van der Waals surface area (Å²) in [6, 6.07) is 0. The second-order valence-electron chi connectivity index (χ2n) is 14.5. The van der Waals surface area contributed by atoms with Crippen LogP contribution >= 0.6 is 0 Å². The molecule has 1 aromatic rings. The van der Waals surface area contributed by atoms with Crippen LogP contribution in [0.2, 0.25) is 0 Å². The molecule has 1 heterocycles. The van der Waals surface area contributed by atoms with Crippen molar-refractivity contribution in [3.63, 3.8) is 0 Å². The lowest BCUT2D eigenvalue weighted by Crippen LogP contribution is -2.37. The average molecular weight is 616 g/mol. The zero-order valence-electron chi connectivity index (χ0n) is 31.0. The van der Waals surface area contributed by atoms with E-state index in [0.29, 0.717) is 0 Å². The number of aromatic nitrogens is 2. The lowest BCUT2D eigenvalue weighted by molar-refractivity contribution is -0.704. The van der Waals surface area contributed by atoms with Gasteiger partial charge >= 0.3 is 0 Å². The smallest absolute Gasteiger partial charge is 0.234 e. The van der Waals surface area contributed by atoms with E-state index in [2.05, 4.69) is 42.3 Å². The lowest BCUT2D eigenvalue weighted by Gasteiger charge is -2.07. The summed E-state index contributed by atoms with van der Waals surface area (Å²) in [5, 5.41) is 0. The molecule has 260 valence electrons. The Morgan fingerprint density at radius 3 is 1.09 bits per heavy atom. The van der Waals surface area contributed by atoms with Gasteiger partial charge in [-0.25, -0.2) is 9.13 Å². The minimum atomic E-state index is 1.23. The number of hydrogen-bond donors (Lipinski definition) is 0. The van der Waals surface area contributed by atoms with E-state index in [9.17, 15) is 0 Å². The van der Waals surface area contributed by atoms with E-state index in [1.165, 1.54) is 231 Å². The van der Waals surface area contributed by atoms with Crippen LogP contribution in [0.1, 0.15) is 238 Å². The number of rotatable bonds is 36. The number of imidazole rings is 1. The van der Waals surface area contributed by atoms with Crippen LogP contribution in [0.4, 0.5) is 0 Å². The lowest BCUT2D eigenvalue weighted by atomic mass is 10.0. The maximum atomic E-state index is 2.64. The summed E-state index contributed by atoms with van der Waals surface area (Å²) in [7, 11) is 0. The molecule has 0 aliphatic carbocycles. The van der Waals surface area contributed by atoms with E-state index in [1.54, 1.807) is 5.82 Å². The minimum Gasteiger partial charge on any atom is -0.234 e. The molecule has 2 nitrogen and oxygen atoms in total. The fourth-order valence-corrected chi connectivity index (χ4v) is 7.03. The van der Waals surface area contributed by atoms with Crippen LogP contribution < -0.4 is 4.57 Å². The van der Waals surface area contributed by atoms with Crippen LogP contribution in [0.3, 0.4) is 0 Å². The Morgan fingerprint density at radius 1 is 0.386 bits per heavy atom. The van der Waals surface area contributed by atoms with Gasteiger partial charge in [-0.15, -0.1) is 0 Å². The Hall–Kier alpha value is -0.790. The Bertz CT molecular complexity index is 677.